The number of carbonyl (C=O) groups is 1. The van der Waals surface area contributed by atoms with Gasteiger partial charge in [-0.05, 0) is 25.0 Å². The van der Waals surface area contributed by atoms with Crippen LogP contribution in [0.1, 0.15) is 28.8 Å². The molecule has 0 spiro atoms. The zero-order valence-electron chi connectivity index (χ0n) is 10.0. The van der Waals surface area contributed by atoms with Crippen molar-refractivity contribution in [3.63, 3.8) is 0 Å². The molecule has 0 unspecified atom stereocenters. The molecule has 1 fully saturated rings. The zero-order chi connectivity index (χ0) is 13.6. The molecule has 102 valence electrons. The first-order chi connectivity index (χ1) is 8.98. The monoisotopic (exact) mass is 271 g/mol. The maximum absolute atomic E-state index is 13.0. The summed E-state index contributed by atoms with van der Waals surface area (Å²) >= 11 is 0. The number of ether oxygens (including phenoxy) is 1. The highest BCUT2D eigenvalue weighted by Gasteiger charge is 2.41. The summed E-state index contributed by atoms with van der Waals surface area (Å²) in [6.07, 6.45) is -2.96. The van der Waals surface area contributed by atoms with Crippen LogP contribution >= 0.6 is 0 Å². The molecule has 2 aliphatic rings. The fraction of sp³-hybridized carbons (Fsp3) is 0.462. The van der Waals surface area contributed by atoms with Gasteiger partial charge in [0, 0.05) is 6.54 Å². The molecule has 2 aliphatic heterocycles. The normalized spacial score (nSPS) is 22.6. The third kappa shape index (κ3) is 1.95. The Kier molecular flexibility index (Phi) is 2.69. The van der Waals surface area contributed by atoms with Crippen molar-refractivity contribution in [3.8, 4) is 5.75 Å². The highest BCUT2D eigenvalue weighted by atomic mass is 19.4. The SMILES string of the molecule is O=C1c2c(cccc2C(F)(F)F)OC[C@@H]2CCCN12. The van der Waals surface area contributed by atoms with Gasteiger partial charge in [0.2, 0.25) is 0 Å². The van der Waals surface area contributed by atoms with Gasteiger partial charge >= 0.3 is 6.18 Å². The quantitative estimate of drug-likeness (QED) is 0.726. The molecule has 2 heterocycles. The smallest absolute Gasteiger partial charge is 0.417 e. The molecular formula is C13H12F3NO2. The van der Waals surface area contributed by atoms with Crippen LogP contribution in [0.2, 0.25) is 0 Å². The van der Waals surface area contributed by atoms with E-state index in [4.69, 9.17) is 4.74 Å². The summed E-state index contributed by atoms with van der Waals surface area (Å²) in [6, 6.07) is 3.51. The lowest BCUT2D eigenvalue weighted by Gasteiger charge is -2.21. The molecule has 3 rings (SSSR count). The van der Waals surface area contributed by atoms with Crippen LogP contribution in [0.3, 0.4) is 0 Å². The van der Waals surface area contributed by atoms with Gasteiger partial charge in [-0.1, -0.05) is 6.07 Å². The number of alkyl halides is 3. The number of hydrogen-bond donors (Lipinski definition) is 0. The van der Waals surface area contributed by atoms with Gasteiger partial charge in [-0.3, -0.25) is 4.79 Å². The van der Waals surface area contributed by atoms with Gasteiger partial charge in [0.15, 0.2) is 0 Å². The molecule has 19 heavy (non-hydrogen) atoms. The minimum Gasteiger partial charge on any atom is -0.491 e. The average molecular weight is 271 g/mol. The van der Waals surface area contributed by atoms with Crippen LogP contribution in [0.15, 0.2) is 18.2 Å². The van der Waals surface area contributed by atoms with E-state index in [0.29, 0.717) is 6.54 Å². The lowest BCUT2D eigenvalue weighted by molar-refractivity contribution is -0.138. The van der Waals surface area contributed by atoms with E-state index in [2.05, 4.69) is 0 Å². The number of hydrogen-bond acceptors (Lipinski definition) is 2. The first-order valence-electron chi connectivity index (χ1n) is 6.12. The fourth-order valence-corrected chi connectivity index (χ4v) is 2.71. The van der Waals surface area contributed by atoms with Gasteiger partial charge in [0.25, 0.3) is 5.91 Å². The molecule has 0 aliphatic carbocycles. The number of nitrogens with zero attached hydrogens (tertiary/aromatic N) is 1. The number of rotatable bonds is 0. The second kappa shape index (κ2) is 4.15. The summed E-state index contributed by atoms with van der Waals surface area (Å²) in [7, 11) is 0. The first-order valence-corrected chi connectivity index (χ1v) is 6.12. The molecule has 0 bridgehead atoms. The molecule has 1 amide bonds. The predicted octanol–water partition coefficient (Wildman–Crippen LogP) is 2.70. The minimum atomic E-state index is -4.55. The highest BCUT2D eigenvalue weighted by Crippen LogP contribution is 2.39. The Hall–Kier alpha value is -1.72. The van der Waals surface area contributed by atoms with Crippen LogP contribution < -0.4 is 4.74 Å². The molecule has 1 aromatic rings. The summed E-state index contributed by atoms with van der Waals surface area (Å²) in [5.41, 5.74) is -1.26. The van der Waals surface area contributed by atoms with Crippen molar-refractivity contribution in [1.29, 1.82) is 0 Å². The number of benzene rings is 1. The molecule has 6 heteroatoms. The molecular weight excluding hydrogens is 259 g/mol. The molecule has 3 nitrogen and oxygen atoms in total. The van der Waals surface area contributed by atoms with Crippen LogP contribution in [0, 0.1) is 0 Å². The van der Waals surface area contributed by atoms with Gasteiger partial charge in [-0.25, -0.2) is 0 Å². The Balaban J connectivity index is 2.13. The van der Waals surface area contributed by atoms with Crippen molar-refractivity contribution in [2.24, 2.45) is 0 Å². The van der Waals surface area contributed by atoms with Crippen LogP contribution in [0.5, 0.6) is 5.75 Å². The molecule has 0 saturated carbocycles. The summed E-state index contributed by atoms with van der Waals surface area (Å²) in [4.78, 5) is 13.8. The van der Waals surface area contributed by atoms with Gasteiger partial charge in [-0.2, -0.15) is 13.2 Å². The van der Waals surface area contributed by atoms with Crippen molar-refractivity contribution in [1.82, 2.24) is 4.90 Å². The number of fused-ring (bicyclic) bond motifs is 2. The molecule has 0 N–H and O–H groups in total. The Morgan fingerprint density at radius 2 is 2.11 bits per heavy atom. The molecule has 0 radical (unpaired) electrons. The van der Waals surface area contributed by atoms with Crippen LogP contribution in [-0.2, 0) is 6.18 Å². The van der Waals surface area contributed by atoms with Gasteiger partial charge < -0.3 is 9.64 Å². The summed E-state index contributed by atoms with van der Waals surface area (Å²) < 4.78 is 44.4. The van der Waals surface area contributed by atoms with Crippen molar-refractivity contribution >= 4 is 5.91 Å². The zero-order valence-corrected chi connectivity index (χ0v) is 10.0. The van der Waals surface area contributed by atoms with Crippen LogP contribution in [0.25, 0.3) is 0 Å². The molecule has 0 aromatic heterocycles. The van der Waals surface area contributed by atoms with Crippen LogP contribution in [-0.4, -0.2) is 30.0 Å². The van der Waals surface area contributed by atoms with E-state index < -0.39 is 17.6 Å². The molecule has 1 atom stereocenters. The number of halogens is 3. The summed E-state index contributed by atoms with van der Waals surface area (Å²) in [5, 5.41) is 0. The third-order valence-electron chi connectivity index (χ3n) is 3.61. The van der Waals surface area contributed by atoms with Crippen molar-refractivity contribution in [3.05, 3.63) is 29.3 Å². The number of carbonyl (C=O) groups excluding carboxylic acids is 1. The van der Waals surface area contributed by atoms with E-state index in [1.54, 1.807) is 0 Å². The summed E-state index contributed by atoms with van der Waals surface area (Å²) in [6.45, 7) is 0.762. The van der Waals surface area contributed by atoms with Crippen molar-refractivity contribution < 1.29 is 22.7 Å². The largest absolute Gasteiger partial charge is 0.491 e. The highest BCUT2D eigenvalue weighted by molar-refractivity contribution is 5.99. The van der Waals surface area contributed by atoms with E-state index in [9.17, 15) is 18.0 Å². The van der Waals surface area contributed by atoms with Gasteiger partial charge in [0.05, 0.1) is 17.2 Å². The van der Waals surface area contributed by atoms with Gasteiger partial charge in [-0.15, -0.1) is 0 Å². The van der Waals surface area contributed by atoms with E-state index >= 15 is 0 Å². The maximum Gasteiger partial charge on any atom is 0.417 e. The van der Waals surface area contributed by atoms with E-state index in [1.165, 1.54) is 17.0 Å². The van der Waals surface area contributed by atoms with Crippen molar-refractivity contribution in [2.75, 3.05) is 13.2 Å². The van der Waals surface area contributed by atoms with Crippen LogP contribution in [0.4, 0.5) is 13.2 Å². The van der Waals surface area contributed by atoms with E-state index in [-0.39, 0.29) is 24.0 Å². The van der Waals surface area contributed by atoms with Crippen molar-refractivity contribution in [2.45, 2.75) is 25.1 Å². The third-order valence-corrected chi connectivity index (χ3v) is 3.61. The Labute approximate surface area is 108 Å². The molecule has 1 saturated heterocycles. The van der Waals surface area contributed by atoms with E-state index in [1.807, 2.05) is 0 Å². The topological polar surface area (TPSA) is 29.5 Å². The second-order valence-electron chi connectivity index (χ2n) is 4.78. The Bertz CT molecular complexity index is 527. The maximum atomic E-state index is 13.0. The Morgan fingerprint density at radius 3 is 2.84 bits per heavy atom. The molecule has 1 aromatic carbocycles. The number of amides is 1. The summed E-state index contributed by atoms with van der Waals surface area (Å²) in [5.74, 6) is -0.530. The minimum absolute atomic E-state index is 0.0363. The lowest BCUT2D eigenvalue weighted by Crippen LogP contribution is -2.37. The first kappa shape index (κ1) is 12.3. The fourth-order valence-electron chi connectivity index (χ4n) is 2.71. The Morgan fingerprint density at radius 1 is 1.32 bits per heavy atom. The predicted molar refractivity (Wildman–Crippen MR) is 61.0 cm³/mol. The second-order valence-corrected chi connectivity index (χ2v) is 4.78. The standard InChI is InChI=1S/C13H12F3NO2/c14-13(15,16)9-4-1-5-10-11(9)12(18)17-6-2-3-8(17)7-19-10/h1,4-5,8H,2-3,6-7H2/t8-/m0/s1. The lowest BCUT2D eigenvalue weighted by atomic mass is 10.0. The average Bonchev–Trinajstić information content (AvgIpc) is 2.77. The van der Waals surface area contributed by atoms with E-state index in [0.717, 1.165) is 18.9 Å². The van der Waals surface area contributed by atoms with Gasteiger partial charge in [0.1, 0.15) is 12.4 Å².